The molecule has 1 nitrogen and oxygen atoms in total. The van der Waals surface area contributed by atoms with Gasteiger partial charge in [0, 0.05) is 42.1 Å². The molecule has 0 saturated heterocycles. The quantitative estimate of drug-likeness (QED) is 0.374. The summed E-state index contributed by atoms with van der Waals surface area (Å²) in [6.45, 7) is 0. The zero-order chi connectivity index (χ0) is 3.58. The molecule has 6 heavy (non-hydrogen) atoms. The first-order chi connectivity index (χ1) is 1.73. The van der Waals surface area contributed by atoms with Gasteiger partial charge in [-0.3, -0.25) is 4.32 Å². The van der Waals surface area contributed by atoms with Crippen LogP contribution in [-0.4, -0.2) is 4.32 Å². The first-order valence-corrected chi connectivity index (χ1v) is 1.47. The molecule has 0 unspecified atom stereocenters. The van der Waals surface area contributed by atoms with Gasteiger partial charge in [0.25, 0.3) is 0 Å². The molecule has 0 fully saturated rings. The van der Waals surface area contributed by atoms with Crippen LogP contribution in [0.2, 0.25) is 0 Å². The summed E-state index contributed by atoms with van der Waals surface area (Å²) in [5, 5.41) is 0. The molecule has 0 amide bonds. The summed E-state index contributed by atoms with van der Waals surface area (Å²) in [7, 11) is 0. The van der Waals surface area contributed by atoms with Crippen LogP contribution in [0.15, 0.2) is 0 Å². The summed E-state index contributed by atoms with van der Waals surface area (Å²) in [6, 6.07) is 0. The van der Waals surface area contributed by atoms with Crippen molar-refractivity contribution >= 4 is 29.2 Å². The second kappa shape index (κ2) is 9.70. The van der Waals surface area contributed by atoms with E-state index in [2.05, 4.69) is 24.8 Å². The minimum atomic E-state index is -0.167. The molecule has 36 valence electrons. The van der Waals surface area contributed by atoms with E-state index in [9.17, 15) is 0 Å². The monoisotopic (exact) mass is 287 g/mol. The van der Waals surface area contributed by atoms with Gasteiger partial charge >= 0.3 is 0 Å². The van der Waals surface area contributed by atoms with Gasteiger partial charge in [0.05, 0.1) is 0 Å². The fourth-order valence-electron chi connectivity index (χ4n) is 0. The van der Waals surface area contributed by atoms with Crippen LogP contribution >= 0.6 is 12.2 Å². The molecule has 0 radical (unpaired) electrons. The fourth-order valence-corrected chi connectivity index (χ4v) is 0. The van der Waals surface area contributed by atoms with Crippen molar-refractivity contribution in [1.29, 1.82) is 0 Å². The zero-order valence-corrected chi connectivity index (χ0v) is 8.28. The molecule has 0 bridgehead atoms. The third kappa shape index (κ3) is 50.0. The van der Waals surface area contributed by atoms with Crippen LogP contribution in [0.3, 0.4) is 0 Å². The molecular weight excluding hydrogens is 282 g/mol. The van der Waals surface area contributed by atoms with Crippen LogP contribution in [0.5, 0.6) is 0 Å². The maximum Gasteiger partial charge on any atom is 0 e. The Morgan fingerprint density at radius 3 is 1.50 bits per heavy atom. The summed E-state index contributed by atoms with van der Waals surface area (Å²) in [5.41, 5.74) is 6.13. The second-order valence-electron chi connectivity index (χ2n) is 0.287. The summed E-state index contributed by atoms with van der Waals surface area (Å²) in [5.74, 6) is 0. The number of hydrogen-bond acceptors (Lipinski definition) is 2. The van der Waals surface area contributed by atoms with Crippen molar-refractivity contribution < 1.29 is 42.1 Å². The van der Waals surface area contributed by atoms with Crippen molar-refractivity contribution in [3.05, 3.63) is 5.73 Å². The Hall–Kier alpha value is 1.49. The molecule has 0 aliphatic heterocycles. The van der Waals surface area contributed by atoms with Gasteiger partial charge in [-0.1, -0.05) is 0 Å². The molecule has 1 N–H and O–H groups in total. The minimum Gasteiger partial charge on any atom is -0.716 e. The number of rotatable bonds is 0. The Labute approximate surface area is 76.4 Å². The average Bonchev–Trinajstić information content (AvgIpc) is 0.811. The van der Waals surface area contributed by atoms with Crippen molar-refractivity contribution in [2.75, 3.05) is 0 Å². The van der Waals surface area contributed by atoms with Crippen LogP contribution in [0.1, 0.15) is 0 Å². The maximum absolute atomic E-state index is 6.13. The first kappa shape index (κ1) is 15.6. The van der Waals surface area contributed by atoms with Crippen LogP contribution < -0.4 is 0 Å². The third-order valence-electron chi connectivity index (χ3n) is 0. The van der Waals surface area contributed by atoms with E-state index < -0.39 is 0 Å². The fraction of sp³-hybridized carbons (Fsp3) is 0. The standard InChI is InChI=1S/CH3NS2.2Mo/c2-1(3)4;;/h(H3,2,3,4);;/p-2. The molecule has 0 aromatic rings. The normalized spacial score (nSPS) is 4.00. The molecule has 0 aliphatic rings. The van der Waals surface area contributed by atoms with Gasteiger partial charge in [0.1, 0.15) is 0 Å². The van der Waals surface area contributed by atoms with Gasteiger partial charge in [0.15, 0.2) is 0 Å². The smallest absolute Gasteiger partial charge is 0 e. The molecule has 0 atom stereocenters. The summed E-state index contributed by atoms with van der Waals surface area (Å²) in [4.78, 5) is 0. The largest absolute Gasteiger partial charge is 0.716 e. The Balaban J connectivity index is -0.0000000450. The molecule has 5 heteroatoms. The van der Waals surface area contributed by atoms with Crippen LogP contribution in [0, 0.1) is 0 Å². The first-order valence-electron chi connectivity index (χ1n) is 0.658. The molecule has 0 heterocycles. The summed E-state index contributed by atoms with van der Waals surface area (Å²) >= 11 is 8.04. The van der Waals surface area contributed by atoms with E-state index in [1.54, 1.807) is 0 Å². The third-order valence-corrected chi connectivity index (χ3v) is 0. The van der Waals surface area contributed by atoms with E-state index in [0.717, 1.165) is 0 Å². The SMILES string of the molecule is [Mo].[Mo].[NH-]C(=S)[S-]. The van der Waals surface area contributed by atoms with Gasteiger partial charge in [0.2, 0.25) is 0 Å². The Bertz CT molecular complexity index is 34.5. The topological polar surface area (TPSA) is 23.8 Å². The predicted octanol–water partition coefficient (Wildman–Crippen LogP) is 0.865. The molecule has 0 saturated carbocycles. The van der Waals surface area contributed by atoms with E-state index in [0.29, 0.717) is 0 Å². The van der Waals surface area contributed by atoms with Crippen LogP contribution in [-0.2, 0) is 54.8 Å². The molecule has 0 aromatic heterocycles. The van der Waals surface area contributed by atoms with Crippen molar-refractivity contribution in [3.63, 3.8) is 0 Å². The van der Waals surface area contributed by atoms with Crippen molar-refractivity contribution in [3.8, 4) is 0 Å². The molecular formula is CHMo2NS2-2. The van der Waals surface area contributed by atoms with E-state index in [4.69, 9.17) is 5.73 Å². The second-order valence-corrected chi connectivity index (χ2v) is 1.36. The van der Waals surface area contributed by atoms with Gasteiger partial charge < -0.3 is 30.6 Å². The molecule has 0 rings (SSSR count). The van der Waals surface area contributed by atoms with E-state index in [1.807, 2.05) is 0 Å². The van der Waals surface area contributed by atoms with Gasteiger partial charge in [-0.2, -0.15) is 0 Å². The molecule has 0 spiro atoms. The zero-order valence-electron chi connectivity index (χ0n) is 2.63. The Morgan fingerprint density at radius 1 is 1.50 bits per heavy atom. The van der Waals surface area contributed by atoms with E-state index >= 15 is 0 Å². The van der Waals surface area contributed by atoms with Crippen LogP contribution in [0.25, 0.3) is 5.73 Å². The Kier molecular flexibility index (Phi) is 25.3. The van der Waals surface area contributed by atoms with Gasteiger partial charge in [-0.15, -0.1) is 0 Å². The van der Waals surface area contributed by atoms with Crippen molar-refractivity contribution in [2.45, 2.75) is 0 Å². The maximum atomic E-state index is 6.13. The van der Waals surface area contributed by atoms with Gasteiger partial charge in [-0.05, 0) is 0 Å². The minimum absolute atomic E-state index is 0. The molecule has 0 aliphatic carbocycles. The van der Waals surface area contributed by atoms with Crippen molar-refractivity contribution in [2.24, 2.45) is 0 Å². The Morgan fingerprint density at radius 2 is 1.50 bits per heavy atom. The van der Waals surface area contributed by atoms with E-state index in [1.165, 1.54) is 0 Å². The average molecular weight is 283 g/mol. The predicted molar refractivity (Wildman–Crippen MR) is 24.3 cm³/mol. The summed E-state index contributed by atoms with van der Waals surface area (Å²) < 4.78 is -0.167. The number of thiocarbonyl (C=S) groups is 1. The number of hydrogen-bond donors (Lipinski definition) is 0. The van der Waals surface area contributed by atoms with Gasteiger partial charge in [-0.25, -0.2) is 0 Å². The van der Waals surface area contributed by atoms with Crippen LogP contribution in [0.4, 0.5) is 0 Å². The number of nitrogens with one attached hydrogen (secondary N) is 1. The van der Waals surface area contributed by atoms with Crippen molar-refractivity contribution in [1.82, 2.24) is 0 Å². The summed E-state index contributed by atoms with van der Waals surface area (Å²) in [6.07, 6.45) is 0. The molecule has 0 aromatic carbocycles. The van der Waals surface area contributed by atoms with E-state index in [-0.39, 0.29) is 46.5 Å².